The normalized spacial score (nSPS) is 10.4. The number of methoxy groups -OCH3 is 1. The van der Waals surface area contributed by atoms with Gasteiger partial charge in [0.05, 0.1) is 12.7 Å². The molecule has 2 aromatic rings. The van der Waals surface area contributed by atoms with E-state index in [2.05, 4.69) is 0 Å². The molecule has 0 fully saturated rings. The maximum Gasteiger partial charge on any atom is 0.171 e. The van der Waals surface area contributed by atoms with E-state index in [1.165, 1.54) is 6.07 Å². The highest BCUT2D eigenvalue weighted by Crippen LogP contribution is 2.27. The van der Waals surface area contributed by atoms with Gasteiger partial charge >= 0.3 is 0 Å². The van der Waals surface area contributed by atoms with Gasteiger partial charge in [-0.05, 0) is 42.7 Å². The molecule has 0 spiro atoms. The molecule has 0 aliphatic carbocycles. The molecule has 2 rings (SSSR count). The van der Waals surface area contributed by atoms with Crippen molar-refractivity contribution in [2.45, 2.75) is 20.3 Å². The molecular formula is C17H17FO2. The summed E-state index contributed by atoms with van der Waals surface area (Å²) in [6, 6.07) is 9.95. The van der Waals surface area contributed by atoms with Crippen molar-refractivity contribution < 1.29 is 13.9 Å². The molecule has 2 nitrogen and oxygen atoms in total. The van der Waals surface area contributed by atoms with E-state index in [1.54, 1.807) is 31.4 Å². The highest BCUT2D eigenvalue weighted by molar-refractivity contribution is 6.00. The first kappa shape index (κ1) is 14.3. The van der Waals surface area contributed by atoms with Gasteiger partial charge in [-0.15, -0.1) is 0 Å². The lowest BCUT2D eigenvalue weighted by atomic mass is 9.97. The lowest BCUT2D eigenvalue weighted by Crippen LogP contribution is -2.08. The number of Topliss-reactive ketones (excluding diaryl/α,β-unsaturated/α-hetero) is 1. The number of carbonyl (C=O) groups is 1. The third-order valence-electron chi connectivity index (χ3n) is 3.49. The largest absolute Gasteiger partial charge is 0.496 e. The molecule has 2 aromatic carbocycles. The Bertz CT molecular complexity index is 647. The predicted octanol–water partition coefficient (Wildman–Crippen LogP) is 3.88. The summed E-state index contributed by atoms with van der Waals surface area (Å²) in [5.74, 6) is 0.0741. The van der Waals surface area contributed by atoms with E-state index < -0.39 is 0 Å². The Balaban J connectivity index is 2.35. The van der Waals surface area contributed by atoms with Crippen molar-refractivity contribution >= 4 is 5.78 Å². The quantitative estimate of drug-likeness (QED) is 0.790. The Kier molecular flexibility index (Phi) is 4.18. The molecule has 104 valence electrons. The fourth-order valence-electron chi connectivity index (χ4n) is 2.18. The van der Waals surface area contributed by atoms with Gasteiger partial charge in [-0.25, -0.2) is 4.39 Å². The number of rotatable bonds is 4. The monoisotopic (exact) mass is 272 g/mol. The average molecular weight is 272 g/mol. The number of aryl methyl sites for hydroxylation is 1. The third-order valence-corrected chi connectivity index (χ3v) is 3.49. The molecule has 0 unspecified atom stereocenters. The summed E-state index contributed by atoms with van der Waals surface area (Å²) in [6.45, 7) is 3.87. The number of carbonyl (C=O) groups excluding carboxylic acids is 1. The first-order valence-electron chi connectivity index (χ1n) is 6.45. The summed E-state index contributed by atoms with van der Waals surface area (Å²) in [6.07, 6.45) is 0.0333. The van der Waals surface area contributed by atoms with Crippen LogP contribution in [0.5, 0.6) is 5.75 Å². The van der Waals surface area contributed by atoms with Gasteiger partial charge in [0.25, 0.3) is 0 Å². The number of ether oxygens (including phenoxy) is 1. The van der Waals surface area contributed by atoms with Crippen molar-refractivity contribution in [1.29, 1.82) is 0 Å². The highest BCUT2D eigenvalue weighted by atomic mass is 19.1. The van der Waals surface area contributed by atoms with Gasteiger partial charge in [0.15, 0.2) is 5.78 Å². The molecule has 0 aliphatic heterocycles. The minimum atomic E-state index is -0.358. The summed E-state index contributed by atoms with van der Waals surface area (Å²) in [5.41, 5.74) is 2.90. The predicted molar refractivity (Wildman–Crippen MR) is 76.9 cm³/mol. The molecule has 0 radical (unpaired) electrons. The van der Waals surface area contributed by atoms with Crippen LogP contribution >= 0.6 is 0 Å². The van der Waals surface area contributed by atoms with Crippen LogP contribution in [0.4, 0.5) is 4.39 Å². The maximum atomic E-state index is 13.6. The van der Waals surface area contributed by atoms with Gasteiger partial charge in [-0.2, -0.15) is 0 Å². The minimum Gasteiger partial charge on any atom is -0.496 e. The average Bonchev–Trinajstić information content (AvgIpc) is 2.44. The zero-order valence-corrected chi connectivity index (χ0v) is 11.9. The third kappa shape index (κ3) is 2.72. The van der Waals surface area contributed by atoms with Gasteiger partial charge in [0.1, 0.15) is 11.6 Å². The van der Waals surface area contributed by atoms with Crippen LogP contribution in [-0.2, 0) is 6.42 Å². The Morgan fingerprint density at radius 3 is 2.50 bits per heavy atom. The molecular weight excluding hydrogens is 255 g/mol. The Morgan fingerprint density at radius 1 is 1.15 bits per heavy atom. The molecule has 0 aliphatic rings. The molecule has 0 heterocycles. The van der Waals surface area contributed by atoms with Gasteiger partial charge in [-0.1, -0.05) is 24.3 Å². The van der Waals surface area contributed by atoms with Crippen LogP contribution in [0.15, 0.2) is 36.4 Å². The van der Waals surface area contributed by atoms with E-state index in [9.17, 15) is 9.18 Å². The molecule has 0 N–H and O–H groups in total. The second-order valence-electron chi connectivity index (χ2n) is 4.78. The van der Waals surface area contributed by atoms with Crippen LogP contribution in [0.3, 0.4) is 0 Å². The Morgan fingerprint density at radius 2 is 1.85 bits per heavy atom. The second-order valence-corrected chi connectivity index (χ2v) is 4.78. The Hall–Kier alpha value is -2.16. The van der Waals surface area contributed by atoms with Crippen molar-refractivity contribution in [2.24, 2.45) is 0 Å². The fourth-order valence-corrected chi connectivity index (χ4v) is 2.18. The summed E-state index contributed by atoms with van der Waals surface area (Å²) in [4.78, 5) is 12.4. The number of hydrogen-bond donors (Lipinski definition) is 0. The van der Waals surface area contributed by atoms with Crippen LogP contribution in [-0.4, -0.2) is 12.9 Å². The number of hydrogen-bond acceptors (Lipinski definition) is 2. The zero-order chi connectivity index (χ0) is 14.7. The molecule has 3 heteroatoms. The maximum absolute atomic E-state index is 13.6. The van der Waals surface area contributed by atoms with E-state index >= 15 is 0 Å². The fraction of sp³-hybridized carbons (Fsp3) is 0.235. The second kappa shape index (κ2) is 5.87. The molecule has 0 atom stereocenters. The van der Waals surface area contributed by atoms with E-state index in [0.29, 0.717) is 16.9 Å². The van der Waals surface area contributed by atoms with Crippen molar-refractivity contribution in [3.05, 3.63) is 64.5 Å². The summed E-state index contributed by atoms with van der Waals surface area (Å²) < 4.78 is 18.9. The van der Waals surface area contributed by atoms with Crippen molar-refractivity contribution in [3.63, 3.8) is 0 Å². The van der Waals surface area contributed by atoms with Gasteiger partial charge in [-0.3, -0.25) is 4.79 Å². The molecule has 0 aromatic heterocycles. The van der Waals surface area contributed by atoms with Crippen LogP contribution in [0, 0.1) is 19.7 Å². The lowest BCUT2D eigenvalue weighted by Gasteiger charge is -2.13. The smallest absolute Gasteiger partial charge is 0.171 e. The summed E-state index contributed by atoms with van der Waals surface area (Å²) >= 11 is 0. The number of ketones is 1. The van der Waals surface area contributed by atoms with Gasteiger partial charge < -0.3 is 4.74 Å². The standard InChI is InChI=1S/C17H17FO2/c1-11-8-9-14(17(20-3)12(11)2)16(19)10-13-6-4-5-7-15(13)18/h4-9H,10H2,1-3H3. The number of benzene rings is 2. The van der Waals surface area contributed by atoms with Gasteiger partial charge in [0, 0.05) is 6.42 Å². The zero-order valence-electron chi connectivity index (χ0n) is 11.9. The van der Waals surface area contributed by atoms with E-state index in [4.69, 9.17) is 4.74 Å². The summed E-state index contributed by atoms with van der Waals surface area (Å²) in [5, 5.41) is 0. The molecule has 0 saturated heterocycles. The van der Waals surface area contributed by atoms with E-state index in [-0.39, 0.29) is 18.0 Å². The topological polar surface area (TPSA) is 26.3 Å². The number of halogens is 1. The van der Waals surface area contributed by atoms with Crippen LogP contribution in [0.25, 0.3) is 0 Å². The van der Waals surface area contributed by atoms with E-state index in [1.807, 2.05) is 19.9 Å². The molecule has 0 saturated carbocycles. The molecule has 20 heavy (non-hydrogen) atoms. The van der Waals surface area contributed by atoms with Crippen LogP contribution < -0.4 is 4.74 Å². The first-order valence-corrected chi connectivity index (χ1v) is 6.45. The van der Waals surface area contributed by atoms with E-state index in [0.717, 1.165) is 11.1 Å². The van der Waals surface area contributed by atoms with Crippen molar-refractivity contribution in [1.82, 2.24) is 0 Å². The van der Waals surface area contributed by atoms with Crippen molar-refractivity contribution in [3.8, 4) is 5.75 Å². The van der Waals surface area contributed by atoms with Crippen LogP contribution in [0.2, 0.25) is 0 Å². The van der Waals surface area contributed by atoms with Crippen LogP contribution in [0.1, 0.15) is 27.0 Å². The SMILES string of the molecule is COc1c(C(=O)Cc2ccccc2F)ccc(C)c1C. The summed E-state index contributed by atoms with van der Waals surface area (Å²) in [7, 11) is 1.54. The highest BCUT2D eigenvalue weighted by Gasteiger charge is 2.17. The first-order chi connectivity index (χ1) is 9.54. The molecule has 0 bridgehead atoms. The van der Waals surface area contributed by atoms with Gasteiger partial charge in [0.2, 0.25) is 0 Å². The Labute approximate surface area is 118 Å². The van der Waals surface area contributed by atoms with Crippen molar-refractivity contribution in [2.75, 3.05) is 7.11 Å². The lowest BCUT2D eigenvalue weighted by molar-refractivity contribution is 0.0988. The minimum absolute atomic E-state index is 0.0333. The molecule has 0 amide bonds.